The summed E-state index contributed by atoms with van der Waals surface area (Å²) in [5.74, 6) is 0.287. The molecule has 0 aliphatic carbocycles. The molecule has 0 saturated heterocycles. The number of hydrogen-bond donors (Lipinski definition) is 2. The molecular formula is C18H22N2O4S. The van der Waals surface area contributed by atoms with Gasteiger partial charge in [0, 0.05) is 5.69 Å². The number of nitrogens with one attached hydrogen (secondary N) is 2. The average Bonchev–Trinajstić information content (AvgIpc) is 2.57. The van der Waals surface area contributed by atoms with E-state index in [2.05, 4.69) is 10.0 Å². The molecule has 0 unspecified atom stereocenters. The molecule has 2 aromatic rings. The zero-order valence-corrected chi connectivity index (χ0v) is 15.5. The van der Waals surface area contributed by atoms with Crippen LogP contribution in [0.1, 0.15) is 16.7 Å². The lowest BCUT2D eigenvalue weighted by Crippen LogP contribution is -2.22. The summed E-state index contributed by atoms with van der Waals surface area (Å²) in [6, 6.07) is 10.5. The number of anilines is 1. The summed E-state index contributed by atoms with van der Waals surface area (Å²) in [5, 5.41) is 2.65. The van der Waals surface area contributed by atoms with Crippen molar-refractivity contribution in [2.45, 2.75) is 25.7 Å². The van der Waals surface area contributed by atoms with Crippen LogP contribution in [0.2, 0.25) is 0 Å². The van der Waals surface area contributed by atoms with Crippen molar-refractivity contribution in [3.05, 3.63) is 53.1 Å². The van der Waals surface area contributed by atoms with Crippen LogP contribution in [0.15, 0.2) is 41.3 Å². The van der Waals surface area contributed by atoms with Crippen molar-refractivity contribution in [2.75, 3.05) is 19.0 Å². The van der Waals surface area contributed by atoms with Crippen LogP contribution in [-0.2, 0) is 14.8 Å². The largest absolute Gasteiger partial charge is 0.483 e. The second-order valence-electron chi connectivity index (χ2n) is 5.79. The van der Waals surface area contributed by atoms with Gasteiger partial charge in [-0.2, -0.15) is 0 Å². The normalized spacial score (nSPS) is 11.2. The Morgan fingerprint density at radius 3 is 2.40 bits per heavy atom. The standard InChI is InChI=1S/C18H22N2O4S/c1-12-5-6-13(2)16(9-12)24-11-18(21)20-15-8-7-14(3)17(10-15)25(22,23)19-4/h5-10,19H,11H2,1-4H3,(H,20,21). The predicted molar refractivity (Wildman–Crippen MR) is 97.5 cm³/mol. The van der Waals surface area contributed by atoms with Gasteiger partial charge in [-0.25, -0.2) is 13.1 Å². The van der Waals surface area contributed by atoms with Gasteiger partial charge in [0.1, 0.15) is 5.75 Å². The van der Waals surface area contributed by atoms with Crippen LogP contribution in [0.3, 0.4) is 0 Å². The molecule has 0 spiro atoms. The van der Waals surface area contributed by atoms with E-state index in [4.69, 9.17) is 4.74 Å². The van der Waals surface area contributed by atoms with E-state index >= 15 is 0 Å². The van der Waals surface area contributed by atoms with E-state index in [9.17, 15) is 13.2 Å². The van der Waals surface area contributed by atoms with E-state index in [1.165, 1.54) is 13.1 Å². The Kier molecular flexibility index (Phi) is 5.81. The number of rotatable bonds is 6. The number of aryl methyl sites for hydroxylation is 3. The number of carbonyl (C=O) groups excluding carboxylic acids is 1. The summed E-state index contributed by atoms with van der Waals surface area (Å²) in [6.07, 6.45) is 0. The predicted octanol–water partition coefficient (Wildman–Crippen LogP) is 2.54. The van der Waals surface area contributed by atoms with Crippen LogP contribution >= 0.6 is 0 Å². The lowest BCUT2D eigenvalue weighted by atomic mass is 10.1. The van der Waals surface area contributed by atoms with Crippen LogP contribution in [0.4, 0.5) is 5.69 Å². The molecule has 2 rings (SSSR count). The van der Waals surface area contributed by atoms with E-state index in [-0.39, 0.29) is 17.4 Å². The third-order valence-corrected chi connectivity index (χ3v) is 5.29. The Morgan fingerprint density at radius 2 is 1.72 bits per heavy atom. The van der Waals surface area contributed by atoms with Crippen molar-refractivity contribution < 1.29 is 17.9 Å². The zero-order valence-electron chi connectivity index (χ0n) is 14.7. The van der Waals surface area contributed by atoms with Gasteiger partial charge < -0.3 is 10.1 Å². The molecule has 0 aromatic heterocycles. The smallest absolute Gasteiger partial charge is 0.262 e. The Morgan fingerprint density at radius 1 is 1.04 bits per heavy atom. The van der Waals surface area contributed by atoms with Crippen LogP contribution < -0.4 is 14.8 Å². The number of hydrogen-bond acceptors (Lipinski definition) is 4. The number of sulfonamides is 1. The summed E-state index contributed by atoms with van der Waals surface area (Å²) < 4.78 is 31.8. The van der Waals surface area contributed by atoms with Crippen molar-refractivity contribution in [1.29, 1.82) is 0 Å². The third kappa shape index (κ3) is 4.80. The fourth-order valence-corrected chi connectivity index (χ4v) is 3.27. The summed E-state index contributed by atoms with van der Waals surface area (Å²) in [4.78, 5) is 12.2. The molecule has 2 aromatic carbocycles. The Bertz CT molecular complexity index is 892. The van der Waals surface area contributed by atoms with E-state index in [1.54, 1.807) is 19.1 Å². The highest BCUT2D eigenvalue weighted by Crippen LogP contribution is 2.21. The molecule has 0 saturated carbocycles. The minimum atomic E-state index is -3.59. The molecule has 0 fully saturated rings. The quantitative estimate of drug-likeness (QED) is 0.827. The fraction of sp³-hybridized carbons (Fsp3) is 0.278. The highest BCUT2D eigenvalue weighted by molar-refractivity contribution is 7.89. The molecule has 134 valence electrons. The molecule has 2 N–H and O–H groups in total. The first-order valence-electron chi connectivity index (χ1n) is 7.77. The van der Waals surface area contributed by atoms with E-state index in [1.807, 2.05) is 32.0 Å². The summed E-state index contributed by atoms with van der Waals surface area (Å²) >= 11 is 0. The first-order chi connectivity index (χ1) is 11.7. The summed E-state index contributed by atoms with van der Waals surface area (Å²) in [5.41, 5.74) is 2.98. The van der Waals surface area contributed by atoms with Crippen molar-refractivity contribution >= 4 is 21.6 Å². The van der Waals surface area contributed by atoms with Crippen LogP contribution in [0.5, 0.6) is 5.75 Å². The Balaban J connectivity index is 2.08. The molecule has 0 bridgehead atoms. The Labute approximate surface area is 148 Å². The SMILES string of the molecule is CNS(=O)(=O)c1cc(NC(=O)COc2cc(C)ccc2C)ccc1C. The highest BCUT2D eigenvalue weighted by atomic mass is 32.2. The molecule has 1 amide bonds. The molecule has 25 heavy (non-hydrogen) atoms. The highest BCUT2D eigenvalue weighted by Gasteiger charge is 2.16. The van der Waals surface area contributed by atoms with Crippen molar-refractivity contribution in [1.82, 2.24) is 4.72 Å². The molecule has 7 heteroatoms. The van der Waals surface area contributed by atoms with Gasteiger partial charge in [-0.1, -0.05) is 18.2 Å². The average molecular weight is 362 g/mol. The van der Waals surface area contributed by atoms with Gasteiger partial charge in [0.05, 0.1) is 4.90 Å². The van der Waals surface area contributed by atoms with Crippen molar-refractivity contribution in [3.63, 3.8) is 0 Å². The van der Waals surface area contributed by atoms with E-state index in [0.717, 1.165) is 11.1 Å². The first kappa shape index (κ1) is 19.0. The maximum Gasteiger partial charge on any atom is 0.262 e. The maximum atomic E-state index is 12.1. The van der Waals surface area contributed by atoms with Gasteiger partial charge in [0.2, 0.25) is 10.0 Å². The second-order valence-corrected chi connectivity index (χ2v) is 7.65. The first-order valence-corrected chi connectivity index (χ1v) is 9.25. The Hall–Kier alpha value is -2.38. The fourth-order valence-electron chi connectivity index (χ4n) is 2.28. The minimum Gasteiger partial charge on any atom is -0.483 e. The number of amides is 1. The molecule has 0 radical (unpaired) electrons. The van der Waals surface area contributed by atoms with Gasteiger partial charge in [-0.3, -0.25) is 4.79 Å². The zero-order chi connectivity index (χ0) is 18.6. The van der Waals surface area contributed by atoms with Crippen LogP contribution in [-0.4, -0.2) is 28.0 Å². The van der Waals surface area contributed by atoms with E-state index in [0.29, 0.717) is 17.0 Å². The van der Waals surface area contributed by atoms with Gasteiger partial charge >= 0.3 is 0 Å². The van der Waals surface area contributed by atoms with Gasteiger partial charge in [-0.05, 0) is 62.7 Å². The monoisotopic (exact) mass is 362 g/mol. The summed E-state index contributed by atoms with van der Waals surface area (Å²) in [6.45, 7) is 5.38. The number of benzene rings is 2. The minimum absolute atomic E-state index is 0.128. The topological polar surface area (TPSA) is 84.5 Å². The lowest BCUT2D eigenvalue weighted by Gasteiger charge is -2.12. The van der Waals surface area contributed by atoms with Crippen molar-refractivity contribution in [2.24, 2.45) is 0 Å². The third-order valence-electron chi connectivity index (χ3n) is 3.73. The number of carbonyl (C=O) groups is 1. The van der Waals surface area contributed by atoms with Gasteiger partial charge in [0.25, 0.3) is 5.91 Å². The maximum absolute atomic E-state index is 12.1. The summed E-state index contributed by atoms with van der Waals surface area (Å²) in [7, 11) is -2.24. The number of ether oxygens (including phenoxy) is 1. The van der Waals surface area contributed by atoms with Crippen LogP contribution in [0.25, 0.3) is 0 Å². The molecule has 0 aliphatic rings. The molecule has 0 atom stereocenters. The second kappa shape index (κ2) is 7.67. The molecule has 0 heterocycles. The lowest BCUT2D eigenvalue weighted by molar-refractivity contribution is -0.118. The van der Waals surface area contributed by atoms with E-state index < -0.39 is 10.0 Å². The molecule has 6 nitrogen and oxygen atoms in total. The van der Waals surface area contributed by atoms with Gasteiger partial charge in [0.15, 0.2) is 6.61 Å². The molecular weight excluding hydrogens is 340 g/mol. The van der Waals surface area contributed by atoms with Gasteiger partial charge in [-0.15, -0.1) is 0 Å². The van der Waals surface area contributed by atoms with Crippen LogP contribution in [0, 0.1) is 20.8 Å². The van der Waals surface area contributed by atoms with Crippen molar-refractivity contribution in [3.8, 4) is 5.75 Å². The molecule has 0 aliphatic heterocycles.